The largest absolute Gasteiger partial charge is 0.400 e. The van der Waals surface area contributed by atoms with Crippen LogP contribution in [-0.4, -0.2) is 51.9 Å². The van der Waals surface area contributed by atoms with E-state index in [0.29, 0.717) is 0 Å². The Kier molecular flexibility index (Phi) is 11.7. The minimum Gasteiger partial charge on any atom is -0.400 e. The first-order chi connectivity index (χ1) is 6.50. The number of hydrogen-bond donors (Lipinski definition) is 1. The summed E-state index contributed by atoms with van der Waals surface area (Å²) < 4.78 is 14.8. The SMILES string of the molecule is C1CCOC1.C1COCCO1.CO. The van der Waals surface area contributed by atoms with Crippen LogP contribution in [-0.2, 0) is 14.2 Å². The zero-order valence-corrected chi connectivity index (χ0v) is 8.33. The van der Waals surface area contributed by atoms with Crippen LogP contribution in [0.5, 0.6) is 0 Å². The smallest absolute Gasteiger partial charge is 0.0701 e. The second kappa shape index (κ2) is 11.8. The average Bonchev–Trinajstić information content (AvgIpc) is 2.82. The molecule has 2 fully saturated rings. The molecule has 80 valence electrons. The highest BCUT2D eigenvalue weighted by Gasteiger charge is 1.95. The molecule has 0 unspecified atom stereocenters. The third-order valence-electron chi connectivity index (χ3n) is 1.57. The summed E-state index contributed by atoms with van der Waals surface area (Å²) in [5.74, 6) is 0. The molecule has 4 heteroatoms. The summed E-state index contributed by atoms with van der Waals surface area (Å²) in [5, 5.41) is 7.00. The fraction of sp³-hybridized carbons (Fsp3) is 1.00. The van der Waals surface area contributed by atoms with Gasteiger partial charge in [-0.1, -0.05) is 0 Å². The van der Waals surface area contributed by atoms with Crippen LogP contribution in [0.15, 0.2) is 0 Å². The second-order valence-electron chi connectivity index (χ2n) is 2.54. The van der Waals surface area contributed by atoms with Crippen molar-refractivity contribution in [2.45, 2.75) is 12.8 Å². The quantitative estimate of drug-likeness (QED) is 0.605. The lowest BCUT2D eigenvalue weighted by atomic mass is 10.4. The van der Waals surface area contributed by atoms with E-state index in [-0.39, 0.29) is 0 Å². The molecular formula is C9H20O4. The topological polar surface area (TPSA) is 47.9 Å². The third kappa shape index (κ3) is 9.76. The van der Waals surface area contributed by atoms with Gasteiger partial charge in [0.25, 0.3) is 0 Å². The first-order valence-corrected chi connectivity index (χ1v) is 4.68. The van der Waals surface area contributed by atoms with E-state index >= 15 is 0 Å². The molecule has 2 aliphatic heterocycles. The molecular weight excluding hydrogens is 172 g/mol. The third-order valence-corrected chi connectivity index (χ3v) is 1.57. The second-order valence-corrected chi connectivity index (χ2v) is 2.54. The van der Waals surface area contributed by atoms with E-state index < -0.39 is 0 Å². The molecule has 0 aliphatic carbocycles. The minimum absolute atomic E-state index is 0.778. The van der Waals surface area contributed by atoms with Gasteiger partial charge < -0.3 is 19.3 Å². The Morgan fingerprint density at radius 3 is 1.08 bits per heavy atom. The van der Waals surface area contributed by atoms with E-state index in [1.165, 1.54) is 12.8 Å². The average molecular weight is 192 g/mol. The maximum absolute atomic E-state index is 7.00. The summed E-state index contributed by atoms with van der Waals surface area (Å²) in [6.07, 6.45) is 2.56. The van der Waals surface area contributed by atoms with Crippen LogP contribution in [0.1, 0.15) is 12.8 Å². The predicted molar refractivity (Wildman–Crippen MR) is 49.8 cm³/mol. The van der Waals surface area contributed by atoms with Crippen molar-refractivity contribution in [2.24, 2.45) is 0 Å². The maximum Gasteiger partial charge on any atom is 0.0701 e. The van der Waals surface area contributed by atoms with Crippen LogP contribution in [0.3, 0.4) is 0 Å². The number of rotatable bonds is 0. The number of ether oxygens (including phenoxy) is 3. The Morgan fingerprint density at radius 1 is 0.615 bits per heavy atom. The molecule has 0 bridgehead atoms. The minimum atomic E-state index is 0.778. The first kappa shape index (κ1) is 12.8. The standard InChI is InChI=1S/C4H8O2.C4H8O.CH4O/c1-2-6-4-3-5-1;1-2-4-5-3-1;1-2/h1-4H2;1-4H2;2H,1H3. The number of aliphatic hydroxyl groups is 1. The van der Waals surface area contributed by atoms with Crippen LogP contribution in [0.4, 0.5) is 0 Å². The molecule has 2 saturated heterocycles. The van der Waals surface area contributed by atoms with Gasteiger partial charge >= 0.3 is 0 Å². The van der Waals surface area contributed by atoms with Crippen LogP contribution in [0.25, 0.3) is 0 Å². The van der Waals surface area contributed by atoms with Gasteiger partial charge in [0.1, 0.15) is 0 Å². The summed E-state index contributed by atoms with van der Waals surface area (Å²) in [5.41, 5.74) is 0. The zero-order valence-electron chi connectivity index (χ0n) is 8.33. The highest BCUT2D eigenvalue weighted by Crippen LogP contribution is 1.98. The van der Waals surface area contributed by atoms with E-state index in [2.05, 4.69) is 0 Å². The summed E-state index contributed by atoms with van der Waals surface area (Å²) in [4.78, 5) is 0. The van der Waals surface area contributed by atoms with Crippen molar-refractivity contribution >= 4 is 0 Å². The highest BCUT2D eigenvalue weighted by atomic mass is 16.6. The summed E-state index contributed by atoms with van der Waals surface area (Å²) in [6, 6.07) is 0. The van der Waals surface area contributed by atoms with Gasteiger partial charge in [-0.2, -0.15) is 0 Å². The fourth-order valence-corrected chi connectivity index (χ4v) is 0.950. The van der Waals surface area contributed by atoms with Gasteiger partial charge in [0.05, 0.1) is 26.4 Å². The van der Waals surface area contributed by atoms with Crippen LogP contribution >= 0.6 is 0 Å². The van der Waals surface area contributed by atoms with E-state index in [4.69, 9.17) is 19.3 Å². The molecule has 0 aromatic heterocycles. The Morgan fingerprint density at radius 2 is 0.923 bits per heavy atom. The molecule has 2 heterocycles. The molecule has 1 N–H and O–H groups in total. The van der Waals surface area contributed by atoms with Gasteiger partial charge in [-0.3, -0.25) is 0 Å². The lowest BCUT2D eigenvalue weighted by molar-refractivity contribution is -0.0334. The highest BCUT2D eigenvalue weighted by molar-refractivity contribution is 4.43. The zero-order chi connectivity index (χ0) is 9.78. The van der Waals surface area contributed by atoms with Crippen LogP contribution in [0, 0.1) is 0 Å². The van der Waals surface area contributed by atoms with Gasteiger partial charge in [0, 0.05) is 20.3 Å². The fourth-order valence-electron chi connectivity index (χ4n) is 0.950. The summed E-state index contributed by atoms with van der Waals surface area (Å²) >= 11 is 0. The number of hydrogen-bond acceptors (Lipinski definition) is 4. The summed E-state index contributed by atoms with van der Waals surface area (Å²) in [6.45, 7) is 5.11. The first-order valence-electron chi connectivity index (χ1n) is 4.68. The Labute approximate surface area is 79.8 Å². The van der Waals surface area contributed by atoms with Gasteiger partial charge in [0.15, 0.2) is 0 Å². The predicted octanol–water partition coefficient (Wildman–Crippen LogP) is 0.439. The van der Waals surface area contributed by atoms with Crippen molar-refractivity contribution in [1.29, 1.82) is 0 Å². The van der Waals surface area contributed by atoms with Crippen molar-refractivity contribution in [3.8, 4) is 0 Å². The van der Waals surface area contributed by atoms with Crippen LogP contribution in [0.2, 0.25) is 0 Å². The lowest BCUT2D eigenvalue weighted by Gasteiger charge is -2.09. The van der Waals surface area contributed by atoms with E-state index in [9.17, 15) is 0 Å². The van der Waals surface area contributed by atoms with Gasteiger partial charge in [-0.25, -0.2) is 0 Å². The molecule has 0 aromatic rings. The molecule has 0 aromatic carbocycles. The van der Waals surface area contributed by atoms with Gasteiger partial charge in [-0.15, -0.1) is 0 Å². The molecule has 13 heavy (non-hydrogen) atoms. The lowest BCUT2D eigenvalue weighted by Crippen LogP contribution is -2.16. The van der Waals surface area contributed by atoms with Gasteiger partial charge in [0.2, 0.25) is 0 Å². The van der Waals surface area contributed by atoms with Crippen molar-refractivity contribution in [1.82, 2.24) is 0 Å². The van der Waals surface area contributed by atoms with E-state index in [1.54, 1.807) is 0 Å². The molecule has 0 amide bonds. The van der Waals surface area contributed by atoms with Crippen LogP contribution < -0.4 is 0 Å². The molecule has 2 rings (SSSR count). The molecule has 0 saturated carbocycles. The van der Waals surface area contributed by atoms with Crippen molar-refractivity contribution in [2.75, 3.05) is 46.8 Å². The van der Waals surface area contributed by atoms with Crippen molar-refractivity contribution in [3.05, 3.63) is 0 Å². The van der Waals surface area contributed by atoms with Crippen molar-refractivity contribution < 1.29 is 19.3 Å². The van der Waals surface area contributed by atoms with E-state index in [1.807, 2.05) is 0 Å². The monoisotopic (exact) mass is 192 g/mol. The molecule has 2 aliphatic rings. The van der Waals surface area contributed by atoms with Gasteiger partial charge in [-0.05, 0) is 12.8 Å². The Balaban J connectivity index is 0.000000189. The molecule has 0 atom stereocenters. The number of aliphatic hydroxyl groups excluding tert-OH is 1. The molecule has 4 nitrogen and oxygen atoms in total. The van der Waals surface area contributed by atoms with Crippen molar-refractivity contribution in [3.63, 3.8) is 0 Å². The Bertz CT molecular complexity index is 60.6. The van der Waals surface area contributed by atoms with E-state index in [0.717, 1.165) is 46.8 Å². The molecule has 0 spiro atoms. The maximum atomic E-state index is 7.00. The normalized spacial score (nSPS) is 20.8. The summed E-state index contributed by atoms with van der Waals surface area (Å²) in [7, 11) is 1.00. The Hall–Kier alpha value is -0.160. The molecule has 0 radical (unpaired) electrons.